The number of aryl methyl sites for hydroxylation is 2. The molecule has 0 amide bonds. The van der Waals surface area contributed by atoms with Crippen molar-refractivity contribution in [3.05, 3.63) is 48.3 Å². The molecular weight excluding hydrogens is 362 g/mol. The average molecular weight is 396 g/mol. The highest BCUT2D eigenvalue weighted by atomic mass is 15.2. The van der Waals surface area contributed by atoms with Gasteiger partial charge in [-0.15, -0.1) is 0 Å². The van der Waals surface area contributed by atoms with Crippen LogP contribution in [0.1, 0.15) is 38.8 Å². The van der Waals surface area contributed by atoms with Gasteiger partial charge >= 0.3 is 0 Å². The fraction of sp³-hybridized carbons (Fsp3) is 0.500. The molecule has 7 nitrogen and oxygen atoms in total. The van der Waals surface area contributed by atoms with Gasteiger partial charge in [0.25, 0.3) is 0 Å². The first-order valence-corrected chi connectivity index (χ1v) is 10.5. The van der Waals surface area contributed by atoms with E-state index in [1.807, 2.05) is 18.5 Å². The molecule has 0 unspecified atom stereocenters. The monoisotopic (exact) mass is 395 g/mol. The molecule has 2 aromatic heterocycles. The summed E-state index contributed by atoms with van der Waals surface area (Å²) in [5.74, 6) is 3.47. The van der Waals surface area contributed by atoms with E-state index < -0.39 is 0 Å². The third-order valence-corrected chi connectivity index (χ3v) is 4.78. The number of aliphatic imine (C=N–C) groups is 1. The van der Waals surface area contributed by atoms with E-state index in [0.717, 1.165) is 55.7 Å². The van der Waals surface area contributed by atoms with E-state index >= 15 is 0 Å². The largest absolute Gasteiger partial charge is 0.357 e. The normalized spacial score (nSPS) is 12.1. The highest BCUT2D eigenvalue weighted by Gasteiger charge is 2.07. The zero-order chi connectivity index (χ0) is 20.6. The van der Waals surface area contributed by atoms with Crippen molar-refractivity contribution in [2.45, 2.75) is 53.8 Å². The quantitative estimate of drug-likeness (QED) is 0.331. The topological polar surface area (TPSA) is 72.1 Å². The number of aromatic nitrogens is 4. The number of benzene rings is 1. The zero-order valence-corrected chi connectivity index (χ0v) is 18.0. The molecule has 0 aliphatic rings. The fourth-order valence-corrected chi connectivity index (χ4v) is 3.46. The first kappa shape index (κ1) is 20.9. The number of nitrogens with one attached hydrogen (secondary N) is 2. The van der Waals surface area contributed by atoms with Crippen LogP contribution in [0.2, 0.25) is 0 Å². The number of imidazole rings is 2. The van der Waals surface area contributed by atoms with E-state index in [2.05, 4.69) is 75.6 Å². The first-order chi connectivity index (χ1) is 14.1. The Labute approximate surface area is 173 Å². The molecule has 0 bridgehead atoms. The summed E-state index contributed by atoms with van der Waals surface area (Å²) in [7, 11) is 0. The summed E-state index contributed by atoms with van der Waals surface area (Å²) in [6.07, 6.45) is 4.88. The highest BCUT2D eigenvalue weighted by molar-refractivity contribution is 5.79. The zero-order valence-electron chi connectivity index (χ0n) is 18.0. The summed E-state index contributed by atoms with van der Waals surface area (Å²) in [6, 6.07) is 8.30. The third-order valence-electron chi connectivity index (χ3n) is 4.78. The lowest BCUT2D eigenvalue weighted by atomic mass is 10.2. The molecule has 7 heteroatoms. The molecular formula is C22H33N7. The molecule has 0 saturated carbocycles. The van der Waals surface area contributed by atoms with Crippen molar-refractivity contribution in [2.24, 2.45) is 10.9 Å². The summed E-state index contributed by atoms with van der Waals surface area (Å²) in [5.41, 5.74) is 2.26. The number of para-hydroxylation sites is 2. The summed E-state index contributed by atoms with van der Waals surface area (Å²) < 4.78 is 4.47. The Morgan fingerprint density at radius 1 is 1.21 bits per heavy atom. The Bertz CT molecular complexity index is 936. The van der Waals surface area contributed by atoms with Gasteiger partial charge in [0.1, 0.15) is 18.2 Å². The van der Waals surface area contributed by atoms with Crippen LogP contribution in [0.5, 0.6) is 0 Å². The molecule has 0 radical (unpaired) electrons. The maximum absolute atomic E-state index is 4.72. The van der Waals surface area contributed by atoms with Gasteiger partial charge in [-0.05, 0) is 38.3 Å². The predicted octanol–water partition coefficient (Wildman–Crippen LogP) is 3.34. The van der Waals surface area contributed by atoms with E-state index in [1.54, 1.807) is 0 Å². The van der Waals surface area contributed by atoms with Gasteiger partial charge in [-0.1, -0.05) is 26.0 Å². The van der Waals surface area contributed by atoms with Gasteiger partial charge in [-0.25, -0.2) is 15.0 Å². The lowest BCUT2D eigenvalue weighted by Crippen LogP contribution is -2.38. The van der Waals surface area contributed by atoms with Crippen molar-refractivity contribution in [1.82, 2.24) is 29.7 Å². The Hall–Kier alpha value is -2.83. The second kappa shape index (κ2) is 10.1. The smallest absolute Gasteiger partial charge is 0.191 e. The number of guanidine groups is 1. The van der Waals surface area contributed by atoms with Crippen LogP contribution in [0.25, 0.3) is 11.0 Å². The number of hydrogen-bond donors (Lipinski definition) is 2. The molecule has 0 aliphatic carbocycles. The molecule has 2 heterocycles. The van der Waals surface area contributed by atoms with Crippen molar-refractivity contribution in [2.75, 3.05) is 13.1 Å². The van der Waals surface area contributed by atoms with Crippen molar-refractivity contribution < 1.29 is 0 Å². The number of rotatable bonds is 9. The van der Waals surface area contributed by atoms with Crippen LogP contribution in [-0.2, 0) is 19.6 Å². The van der Waals surface area contributed by atoms with Crippen LogP contribution in [0.4, 0.5) is 0 Å². The van der Waals surface area contributed by atoms with Gasteiger partial charge in [0.15, 0.2) is 5.96 Å². The van der Waals surface area contributed by atoms with Crippen molar-refractivity contribution in [3.63, 3.8) is 0 Å². The van der Waals surface area contributed by atoms with Crippen LogP contribution in [0.15, 0.2) is 41.7 Å². The maximum atomic E-state index is 4.72. The van der Waals surface area contributed by atoms with Gasteiger partial charge in [-0.3, -0.25) is 0 Å². The van der Waals surface area contributed by atoms with Gasteiger partial charge in [0, 0.05) is 38.6 Å². The molecule has 1 aromatic carbocycles. The van der Waals surface area contributed by atoms with E-state index in [1.165, 1.54) is 5.52 Å². The number of hydrogen-bond acceptors (Lipinski definition) is 3. The fourth-order valence-electron chi connectivity index (χ4n) is 3.46. The van der Waals surface area contributed by atoms with Gasteiger partial charge in [0.05, 0.1) is 11.0 Å². The number of fused-ring (bicyclic) bond motifs is 1. The molecule has 0 fully saturated rings. The van der Waals surface area contributed by atoms with Gasteiger partial charge < -0.3 is 19.8 Å². The second-order valence-electron chi connectivity index (χ2n) is 7.66. The molecule has 156 valence electrons. The molecule has 3 aromatic rings. The Kier molecular flexibility index (Phi) is 7.27. The first-order valence-electron chi connectivity index (χ1n) is 10.5. The molecule has 0 saturated heterocycles. The minimum atomic E-state index is 0.570. The van der Waals surface area contributed by atoms with Crippen molar-refractivity contribution >= 4 is 17.0 Å². The average Bonchev–Trinajstić information content (AvgIpc) is 3.26. The second-order valence-corrected chi connectivity index (χ2v) is 7.66. The summed E-state index contributed by atoms with van der Waals surface area (Å²) in [6.45, 7) is 12.7. The van der Waals surface area contributed by atoms with Gasteiger partial charge in [0.2, 0.25) is 0 Å². The highest BCUT2D eigenvalue weighted by Crippen LogP contribution is 2.15. The molecule has 3 rings (SSSR count). The minimum Gasteiger partial charge on any atom is -0.357 e. The summed E-state index contributed by atoms with van der Waals surface area (Å²) >= 11 is 0. The van der Waals surface area contributed by atoms with Crippen molar-refractivity contribution in [3.8, 4) is 0 Å². The van der Waals surface area contributed by atoms with E-state index in [0.29, 0.717) is 12.5 Å². The Morgan fingerprint density at radius 3 is 2.83 bits per heavy atom. The molecule has 0 aliphatic heterocycles. The molecule has 2 N–H and O–H groups in total. The van der Waals surface area contributed by atoms with E-state index in [9.17, 15) is 0 Å². The maximum Gasteiger partial charge on any atom is 0.191 e. The Morgan fingerprint density at radius 2 is 2.03 bits per heavy atom. The van der Waals surface area contributed by atoms with Crippen LogP contribution in [-0.4, -0.2) is 38.2 Å². The lowest BCUT2D eigenvalue weighted by molar-refractivity contribution is 0.507. The van der Waals surface area contributed by atoms with Crippen LogP contribution < -0.4 is 10.6 Å². The molecule has 29 heavy (non-hydrogen) atoms. The van der Waals surface area contributed by atoms with E-state index in [-0.39, 0.29) is 0 Å². The molecule has 0 atom stereocenters. The summed E-state index contributed by atoms with van der Waals surface area (Å²) in [5, 5.41) is 6.76. The standard InChI is InChI=1S/C22H33N7/c1-5-23-22(26-15-21-24-12-14-28(21)16-17(2)3)25-11-8-13-29-18(4)27-19-9-6-7-10-20(19)29/h6-7,9-10,12,14,17H,5,8,11,13,15-16H2,1-4H3,(H2,23,25,26). The third kappa shape index (κ3) is 5.59. The molecule has 0 spiro atoms. The predicted molar refractivity (Wildman–Crippen MR) is 119 cm³/mol. The van der Waals surface area contributed by atoms with Crippen LogP contribution in [0, 0.1) is 12.8 Å². The van der Waals surface area contributed by atoms with E-state index in [4.69, 9.17) is 4.99 Å². The van der Waals surface area contributed by atoms with Crippen molar-refractivity contribution in [1.29, 1.82) is 0 Å². The lowest BCUT2D eigenvalue weighted by Gasteiger charge is -2.13. The van der Waals surface area contributed by atoms with Crippen LogP contribution in [0.3, 0.4) is 0 Å². The van der Waals surface area contributed by atoms with Crippen LogP contribution >= 0.6 is 0 Å². The van der Waals surface area contributed by atoms with Gasteiger partial charge in [-0.2, -0.15) is 0 Å². The minimum absolute atomic E-state index is 0.570. The number of nitrogens with zero attached hydrogens (tertiary/aromatic N) is 5. The SMILES string of the molecule is CCNC(=NCc1nccn1CC(C)C)NCCCn1c(C)nc2ccccc21. The Balaban J connectivity index is 1.55. The summed E-state index contributed by atoms with van der Waals surface area (Å²) in [4.78, 5) is 13.8.